The van der Waals surface area contributed by atoms with E-state index >= 15 is 0 Å². The van der Waals surface area contributed by atoms with Gasteiger partial charge in [-0.3, -0.25) is 4.79 Å². The first-order valence-electron chi connectivity index (χ1n) is 36.0. The molecule has 0 saturated carbocycles. The molecule has 6 N–H and O–H groups in total. The van der Waals surface area contributed by atoms with E-state index in [-0.39, 0.29) is 12.5 Å². The number of hydrogen-bond acceptors (Lipinski definition) is 8. The number of aliphatic hydroxyl groups excluding tert-OH is 5. The maximum absolute atomic E-state index is 13.2. The van der Waals surface area contributed by atoms with Gasteiger partial charge in [0.25, 0.3) is 0 Å². The molecular formula is C74H137NO8. The van der Waals surface area contributed by atoms with Crippen LogP contribution in [0.25, 0.3) is 0 Å². The summed E-state index contributed by atoms with van der Waals surface area (Å²) in [7, 11) is 0. The van der Waals surface area contributed by atoms with E-state index in [1.54, 1.807) is 0 Å². The van der Waals surface area contributed by atoms with Crippen molar-refractivity contribution in [3.05, 3.63) is 60.8 Å². The molecule has 1 rings (SSSR count). The molecule has 1 aliphatic rings. The Hall–Kier alpha value is -2.11. The molecule has 1 saturated heterocycles. The number of unbranched alkanes of at least 4 members (excludes halogenated alkanes) is 43. The van der Waals surface area contributed by atoms with E-state index in [1.165, 1.54) is 250 Å². The number of carbonyl (C=O) groups excluding carboxylic acids is 1. The first kappa shape index (κ1) is 78.9. The lowest BCUT2D eigenvalue weighted by Crippen LogP contribution is -2.60. The summed E-state index contributed by atoms with van der Waals surface area (Å²) in [5, 5.41) is 55.0. The van der Waals surface area contributed by atoms with Crippen molar-refractivity contribution in [3.8, 4) is 0 Å². The number of hydrogen-bond donors (Lipinski definition) is 6. The number of ether oxygens (including phenoxy) is 2. The van der Waals surface area contributed by atoms with Gasteiger partial charge in [-0.25, -0.2) is 0 Å². The Balaban J connectivity index is 2.07. The Bertz CT molecular complexity index is 1500. The Morgan fingerprint density at radius 2 is 0.747 bits per heavy atom. The van der Waals surface area contributed by atoms with Gasteiger partial charge in [-0.1, -0.05) is 344 Å². The predicted molar refractivity (Wildman–Crippen MR) is 355 cm³/mol. The fourth-order valence-corrected chi connectivity index (χ4v) is 11.5. The second-order valence-corrected chi connectivity index (χ2v) is 25.0. The Morgan fingerprint density at radius 3 is 1.11 bits per heavy atom. The molecule has 0 radical (unpaired) electrons. The van der Waals surface area contributed by atoms with Crippen molar-refractivity contribution < 1.29 is 39.8 Å². The van der Waals surface area contributed by atoms with Gasteiger partial charge >= 0.3 is 0 Å². The van der Waals surface area contributed by atoms with Crippen LogP contribution in [0.1, 0.15) is 348 Å². The van der Waals surface area contributed by atoms with Crippen LogP contribution in [-0.4, -0.2) is 87.5 Å². The van der Waals surface area contributed by atoms with Gasteiger partial charge in [0.15, 0.2) is 6.29 Å². The third kappa shape index (κ3) is 51.6. The summed E-state index contributed by atoms with van der Waals surface area (Å²) in [5.74, 6) is -0.138. The van der Waals surface area contributed by atoms with Crippen LogP contribution < -0.4 is 5.32 Å². The van der Waals surface area contributed by atoms with Crippen LogP contribution >= 0.6 is 0 Å². The van der Waals surface area contributed by atoms with Gasteiger partial charge in [0.1, 0.15) is 24.4 Å². The molecule has 0 aromatic rings. The second-order valence-electron chi connectivity index (χ2n) is 25.0. The van der Waals surface area contributed by atoms with Gasteiger partial charge in [-0.15, -0.1) is 0 Å². The van der Waals surface area contributed by atoms with E-state index in [0.29, 0.717) is 12.8 Å². The lowest BCUT2D eigenvalue weighted by atomic mass is 9.99. The van der Waals surface area contributed by atoms with E-state index < -0.39 is 49.5 Å². The number of allylic oxidation sites excluding steroid dienone is 10. The highest BCUT2D eigenvalue weighted by molar-refractivity contribution is 5.76. The first-order valence-corrected chi connectivity index (χ1v) is 36.0. The first-order chi connectivity index (χ1) is 40.8. The van der Waals surface area contributed by atoms with Crippen LogP contribution in [0.2, 0.25) is 0 Å². The third-order valence-corrected chi connectivity index (χ3v) is 17.1. The van der Waals surface area contributed by atoms with E-state index in [0.717, 1.165) is 70.6 Å². The minimum atomic E-state index is -1.55. The molecule has 7 atom stereocenters. The largest absolute Gasteiger partial charge is 0.394 e. The zero-order chi connectivity index (χ0) is 60.0. The van der Waals surface area contributed by atoms with Gasteiger partial charge in [0, 0.05) is 6.42 Å². The lowest BCUT2D eigenvalue weighted by molar-refractivity contribution is -0.302. The molecule has 0 bridgehead atoms. The van der Waals surface area contributed by atoms with Crippen molar-refractivity contribution >= 4 is 5.91 Å². The number of carbonyl (C=O) groups is 1. The van der Waals surface area contributed by atoms with Crippen LogP contribution in [0.3, 0.4) is 0 Å². The monoisotopic (exact) mass is 1170 g/mol. The van der Waals surface area contributed by atoms with E-state index in [1.807, 2.05) is 0 Å². The Morgan fingerprint density at radius 1 is 0.422 bits per heavy atom. The van der Waals surface area contributed by atoms with E-state index in [2.05, 4.69) is 79.9 Å². The molecular weight excluding hydrogens is 1030 g/mol. The lowest BCUT2D eigenvalue weighted by Gasteiger charge is -2.40. The molecule has 1 heterocycles. The zero-order valence-electron chi connectivity index (χ0n) is 54.5. The van der Waals surface area contributed by atoms with Gasteiger partial charge in [0.05, 0.1) is 25.4 Å². The standard InChI is InChI=1S/C74H137NO8/c1-3-5-7-9-11-13-15-17-19-21-23-25-27-28-29-30-31-32-33-34-35-36-37-38-39-40-42-44-46-48-50-52-54-56-58-60-62-64-70(78)75-67(66-82-74-73(81)72(80)71(79)69(65-76)83-74)68(77)63-61-59-57-55-53-51-49-47-45-43-41-26-24-22-20-18-16-14-12-10-8-6-4-2/h5,7,11,13,17,19,23,25,28-29,67-69,71-74,76-77,79-81H,3-4,6,8-10,12,14-16,18,20-22,24,26-27,30-66H2,1-2H3,(H,75,78)/b7-5-,13-11-,19-17-,25-23-,29-28-. The molecule has 1 fully saturated rings. The van der Waals surface area contributed by atoms with Gasteiger partial charge in [-0.05, 0) is 57.8 Å². The fourth-order valence-electron chi connectivity index (χ4n) is 11.5. The average Bonchev–Trinajstić information content (AvgIpc) is 3.60. The molecule has 0 spiro atoms. The van der Waals surface area contributed by atoms with Gasteiger partial charge in [-0.2, -0.15) is 0 Å². The van der Waals surface area contributed by atoms with Crippen molar-refractivity contribution in [3.63, 3.8) is 0 Å². The molecule has 486 valence electrons. The van der Waals surface area contributed by atoms with Crippen molar-refractivity contribution in [2.24, 2.45) is 0 Å². The van der Waals surface area contributed by atoms with Crippen molar-refractivity contribution in [2.45, 2.75) is 391 Å². The van der Waals surface area contributed by atoms with Crippen molar-refractivity contribution in [1.29, 1.82) is 0 Å². The van der Waals surface area contributed by atoms with Crippen LogP contribution in [0.4, 0.5) is 0 Å². The van der Waals surface area contributed by atoms with Crippen molar-refractivity contribution in [1.82, 2.24) is 5.32 Å². The second kappa shape index (κ2) is 62.9. The quantitative estimate of drug-likeness (QED) is 0.0261. The minimum Gasteiger partial charge on any atom is -0.394 e. The number of nitrogens with one attached hydrogen (secondary N) is 1. The van der Waals surface area contributed by atoms with Gasteiger partial charge in [0.2, 0.25) is 5.91 Å². The topological polar surface area (TPSA) is 149 Å². The average molecular weight is 1170 g/mol. The summed E-state index contributed by atoms with van der Waals surface area (Å²) in [6.45, 7) is 3.77. The van der Waals surface area contributed by atoms with Crippen LogP contribution in [-0.2, 0) is 14.3 Å². The smallest absolute Gasteiger partial charge is 0.220 e. The highest BCUT2D eigenvalue weighted by atomic mass is 16.7. The van der Waals surface area contributed by atoms with E-state index in [9.17, 15) is 30.3 Å². The molecule has 1 amide bonds. The minimum absolute atomic E-state index is 0.135. The summed E-state index contributed by atoms with van der Waals surface area (Å²) in [6, 6.07) is -0.720. The maximum atomic E-state index is 13.2. The fraction of sp³-hybridized carbons (Fsp3) is 0.851. The zero-order valence-corrected chi connectivity index (χ0v) is 54.5. The van der Waals surface area contributed by atoms with Gasteiger partial charge < -0.3 is 40.3 Å². The number of aliphatic hydroxyl groups is 5. The predicted octanol–water partition coefficient (Wildman–Crippen LogP) is 19.8. The molecule has 0 aromatic carbocycles. The molecule has 0 aromatic heterocycles. The molecule has 83 heavy (non-hydrogen) atoms. The number of amides is 1. The van der Waals surface area contributed by atoms with Crippen LogP contribution in [0.5, 0.6) is 0 Å². The summed E-state index contributed by atoms with van der Waals surface area (Å²) >= 11 is 0. The summed E-state index contributed by atoms with van der Waals surface area (Å²) in [6.07, 6.45) is 80.1. The van der Waals surface area contributed by atoms with Crippen LogP contribution in [0, 0.1) is 0 Å². The third-order valence-electron chi connectivity index (χ3n) is 17.1. The summed E-state index contributed by atoms with van der Waals surface area (Å²) in [5.41, 5.74) is 0. The molecule has 9 heteroatoms. The molecule has 9 nitrogen and oxygen atoms in total. The van der Waals surface area contributed by atoms with Crippen LogP contribution in [0.15, 0.2) is 60.8 Å². The Labute approximate surface area is 513 Å². The maximum Gasteiger partial charge on any atom is 0.220 e. The summed E-state index contributed by atoms with van der Waals surface area (Å²) < 4.78 is 11.4. The molecule has 7 unspecified atom stereocenters. The van der Waals surface area contributed by atoms with Crippen molar-refractivity contribution in [2.75, 3.05) is 13.2 Å². The SMILES string of the molecule is CC/C=C\C/C=C\C/C=C\C/C=C\C/C=C\CCCCCCCCCCCCCCCCCCCCCCCC(=O)NC(COC1OC(CO)C(O)C(O)C1O)C(O)CCCCCCCCCCCCCCCCCCCCCCCCC. The normalized spacial score (nSPS) is 18.6. The Kier molecular flexibility index (Phi) is 59.8. The highest BCUT2D eigenvalue weighted by Crippen LogP contribution is 2.24. The summed E-state index contributed by atoms with van der Waals surface area (Å²) in [4.78, 5) is 13.2. The number of rotatable bonds is 63. The van der Waals surface area contributed by atoms with E-state index in [4.69, 9.17) is 9.47 Å². The highest BCUT2D eigenvalue weighted by Gasteiger charge is 2.44. The molecule has 0 aliphatic carbocycles. The molecule has 1 aliphatic heterocycles.